The maximum atomic E-state index is 12.6. The molecule has 0 aromatic heterocycles. The molecule has 1 atom stereocenters. The summed E-state index contributed by atoms with van der Waals surface area (Å²) in [5.41, 5.74) is 0. The number of rotatable bonds is 6. The highest BCUT2D eigenvalue weighted by molar-refractivity contribution is 5.85. The van der Waals surface area contributed by atoms with Crippen LogP contribution in [0.15, 0.2) is 0 Å². The van der Waals surface area contributed by atoms with E-state index in [0.717, 1.165) is 58.8 Å². The predicted molar refractivity (Wildman–Crippen MR) is 106 cm³/mol. The summed E-state index contributed by atoms with van der Waals surface area (Å²) in [6, 6.07) is 0. The molecule has 0 aromatic carbocycles. The van der Waals surface area contributed by atoms with Crippen molar-refractivity contribution in [2.24, 2.45) is 11.8 Å². The van der Waals surface area contributed by atoms with Crippen LogP contribution < -0.4 is 5.32 Å². The average molecular weight is 397 g/mol. The molecule has 0 spiro atoms. The number of carbonyl (C=O) groups excluding carboxylic acids is 2. The van der Waals surface area contributed by atoms with E-state index in [1.807, 2.05) is 23.6 Å². The second kappa shape index (κ2) is 11.9. The SMILES string of the molecule is CCN(CC)C(=O)CN1CCCN(C(=O)C(C)C2CNC2)CC1.Cl.Cl. The number of carbonyl (C=O) groups is 2. The number of hydrogen-bond acceptors (Lipinski definition) is 4. The van der Waals surface area contributed by atoms with Crippen molar-refractivity contribution in [2.45, 2.75) is 27.2 Å². The summed E-state index contributed by atoms with van der Waals surface area (Å²) in [5, 5.41) is 3.24. The molecule has 2 rings (SSSR count). The predicted octanol–water partition coefficient (Wildman–Crippen LogP) is 1.09. The monoisotopic (exact) mass is 396 g/mol. The molecule has 0 bridgehead atoms. The molecule has 25 heavy (non-hydrogen) atoms. The van der Waals surface area contributed by atoms with Crippen molar-refractivity contribution < 1.29 is 9.59 Å². The lowest BCUT2D eigenvalue weighted by molar-refractivity contribution is -0.137. The third kappa shape index (κ3) is 6.59. The van der Waals surface area contributed by atoms with Gasteiger partial charge in [0, 0.05) is 45.2 Å². The van der Waals surface area contributed by atoms with Crippen LogP contribution in [0, 0.1) is 11.8 Å². The number of halogens is 2. The van der Waals surface area contributed by atoms with Gasteiger partial charge < -0.3 is 15.1 Å². The number of likely N-dealkylation sites (N-methyl/N-ethyl adjacent to an activating group) is 1. The molecule has 1 N–H and O–H groups in total. The van der Waals surface area contributed by atoms with E-state index in [1.54, 1.807) is 0 Å². The molecule has 0 saturated carbocycles. The fourth-order valence-corrected chi connectivity index (χ4v) is 3.37. The van der Waals surface area contributed by atoms with Crippen molar-refractivity contribution in [3.05, 3.63) is 0 Å². The summed E-state index contributed by atoms with van der Waals surface area (Å²) in [6.07, 6.45) is 0.951. The fourth-order valence-electron chi connectivity index (χ4n) is 3.37. The van der Waals surface area contributed by atoms with Gasteiger partial charge in [-0.15, -0.1) is 24.8 Å². The first-order valence-electron chi connectivity index (χ1n) is 9.06. The van der Waals surface area contributed by atoms with Crippen LogP contribution in [-0.4, -0.2) is 85.4 Å². The highest BCUT2D eigenvalue weighted by Crippen LogP contribution is 2.19. The Morgan fingerprint density at radius 1 is 1.08 bits per heavy atom. The minimum atomic E-state index is 0. The molecule has 2 heterocycles. The van der Waals surface area contributed by atoms with Gasteiger partial charge >= 0.3 is 0 Å². The van der Waals surface area contributed by atoms with Gasteiger partial charge in [0.25, 0.3) is 0 Å². The van der Waals surface area contributed by atoms with Crippen LogP contribution in [0.25, 0.3) is 0 Å². The lowest BCUT2D eigenvalue weighted by atomic mass is 9.88. The average Bonchev–Trinajstić information content (AvgIpc) is 2.71. The zero-order valence-corrected chi connectivity index (χ0v) is 17.3. The van der Waals surface area contributed by atoms with Crippen molar-refractivity contribution in [3.8, 4) is 0 Å². The van der Waals surface area contributed by atoms with Gasteiger partial charge in [-0.2, -0.15) is 0 Å². The standard InChI is InChI=1S/C17H32N4O2.2ClH/c1-4-20(5-2)16(22)13-19-7-6-8-21(10-9-19)17(23)14(3)15-11-18-12-15;;/h14-15,18H,4-13H2,1-3H3;2*1H. The summed E-state index contributed by atoms with van der Waals surface area (Å²) in [7, 11) is 0. The highest BCUT2D eigenvalue weighted by atomic mass is 35.5. The Kier molecular flexibility index (Phi) is 11.7. The van der Waals surface area contributed by atoms with Crippen LogP contribution in [0.3, 0.4) is 0 Å². The van der Waals surface area contributed by atoms with Crippen molar-refractivity contribution in [1.82, 2.24) is 20.0 Å². The van der Waals surface area contributed by atoms with Crippen LogP contribution in [0.5, 0.6) is 0 Å². The number of amides is 2. The van der Waals surface area contributed by atoms with E-state index in [0.29, 0.717) is 12.5 Å². The molecule has 2 aliphatic heterocycles. The zero-order chi connectivity index (χ0) is 16.8. The quantitative estimate of drug-likeness (QED) is 0.729. The molecule has 1 unspecified atom stereocenters. The molecule has 8 heteroatoms. The van der Waals surface area contributed by atoms with Gasteiger partial charge in [-0.05, 0) is 39.3 Å². The molecule has 0 radical (unpaired) electrons. The van der Waals surface area contributed by atoms with E-state index in [2.05, 4.69) is 17.1 Å². The molecule has 0 aliphatic carbocycles. The first kappa shape index (κ1) is 24.4. The molecule has 148 valence electrons. The third-order valence-electron chi connectivity index (χ3n) is 5.28. The molecule has 2 aliphatic rings. The Bertz CT molecular complexity index is 417. The first-order chi connectivity index (χ1) is 11.1. The third-order valence-corrected chi connectivity index (χ3v) is 5.28. The normalized spacial score (nSPS) is 19.7. The van der Waals surface area contributed by atoms with E-state index in [-0.39, 0.29) is 42.5 Å². The van der Waals surface area contributed by atoms with Crippen molar-refractivity contribution in [3.63, 3.8) is 0 Å². The summed E-state index contributed by atoms with van der Waals surface area (Å²) in [5.74, 6) is 1.09. The van der Waals surface area contributed by atoms with Crippen LogP contribution in [0.1, 0.15) is 27.2 Å². The Labute approximate surface area is 164 Å². The van der Waals surface area contributed by atoms with Gasteiger partial charge in [-0.25, -0.2) is 0 Å². The topological polar surface area (TPSA) is 55.9 Å². The van der Waals surface area contributed by atoms with Gasteiger partial charge in [0.05, 0.1) is 6.54 Å². The minimum Gasteiger partial charge on any atom is -0.342 e. The number of nitrogens with zero attached hydrogens (tertiary/aromatic N) is 3. The molecule has 6 nitrogen and oxygen atoms in total. The largest absolute Gasteiger partial charge is 0.342 e. The first-order valence-corrected chi connectivity index (χ1v) is 9.06. The summed E-state index contributed by atoms with van der Waals surface area (Å²) in [4.78, 5) is 30.9. The van der Waals surface area contributed by atoms with E-state index in [1.165, 1.54) is 0 Å². The fraction of sp³-hybridized carbons (Fsp3) is 0.882. The molecule has 2 fully saturated rings. The number of hydrogen-bond donors (Lipinski definition) is 1. The van der Waals surface area contributed by atoms with E-state index in [9.17, 15) is 9.59 Å². The van der Waals surface area contributed by atoms with Crippen molar-refractivity contribution in [2.75, 3.05) is 58.9 Å². The lowest BCUT2D eigenvalue weighted by Gasteiger charge is -2.34. The minimum absolute atomic E-state index is 0. The summed E-state index contributed by atoms with van der Waals surface area (Å²) in [6.45, 7) is 13.3. The van der Waals surface area contributed by atoms with Crippen LogP contribution in [-0.2, 0) is 9.59 Å². The van der Waals surface area contributed by atoms with Gasteiger partial charge in [-0.1, -0.05) is 6.92 Å². The summed E-state index contributed by atoms with van der Waals surface area (Å²) < 4.78 is 0. The molecular formula is C17H34Cl2N4O2. The van der Waals surface area contributed by atoms with E-state index >= 15 is 0 Å². The Morgan fingerprint density at radius 2 is 1.72 bits per heavy atom. The smallest absolute Gasteiger partial charge is 0.236 e. The molecule has 2 saturated heterocycles. The van der Waals surface area contributed by atoms with Gasteiger partial charge in [0.1, 0.15) is 0 Å². The van der Waals surface area contributed by atoms with Crippen LogP contribution in [0.2, 0.25) is 0 Å². The van der Waals surface area contributed by atoms with Crippen molar-refractivity contribution in [1.29, 1.82) is 0 Å². The Hall–Kier alpha value is -0.560. The Balaban J connectivity index is 0.00000288. The van der Waals surface area contributed by atoms with E-state index < -0.39 is 0 Å². The second-order valence-electron chi connectivity index (χ2n) is 6.73. The van der Waals surface area contributed by atoms with E-state index in [4.69, 9.17) is 0 Å². The molecule has 0 aromatic rings. The maximum Gasteiger partial charge on any atom is 0.236 e. The van der Waals surface area contributed by atoms with Crippen LogP contribution in [0.4, 0.5) is 0 Å². The molecular weight excluding hydrogens is 363 g/mol. The molecule has 2 amide bonds. The van der Waals surface area contributed by atoms with Crippen molar-refractivity contribution >= 4 is 36.6 Å². The zero-order valence-electron chi connectivity index (χ0n) is 15.7. The number of nitrogens with one attached hydrogen (secondary N) is 1. The van der Waals surface area contributed by atoms with Gasteiger partial charge in [0.15, 0.2) is 0 Å². The Morgan fingerprint density at radius 3 is 2.24 bits per heavy atom. The lowest BCUT2D eigenvalue weighted by Crippen LogP contribution is -2.51. The van der Waals surface area contributed by atoms with Gasteiger partial charge in [0.2, 0.25) is 11.8 Å². The maximum absolute atomic E-state index is 12.6. The van der Waals surface area contributed by atoms with Gasteiger partial charge in [-0.3, -0.25) is 14.5 Å². The summed E-state index contributed by atoms with van der Waals surface area (Å²) >= 11 is 0. The van der Waals surface area contributed by atoms with Crippen LogP contribution >= 0.6 is 24.8 Å². The second-order valence-corrected chi connectivity index (χ2v) is 6.73. The highest BCUT2D eigenvalue weighted by Gasteiger charge is 2.32.